The van der Waals surface area contributed by atoms with Gasteiger partial charge in [0, 0.05) is 24.4 Å². The van der Waals surface area contributed by atoms with E-state index in [0.29, 0.717) is 19.4 Å². The van der Waals surface area contributed by atoms with Crippen molar-refractivity contribution < 1.29 is 18.3 Å². The average molecular weight is 317 g/mol. The first-order valence-corrected chi connectivity index (χ1v) is 7.78. The highest BCUT2D eigenvalue weighted by Gasteiger charge is 2.41. The summed E-state index contributed by atoms with van der Waals surface area (Å²) in [5.74, 6) is 4.59. The second-order valence-corrected chi connectivity index (χ2v) is 6.33. The highest BCUT2D eigenvalue weighted by atomic mass is 32.1. The number of hydrogen-bond donors (Lipinski definition) is 1. The number of nitrogens with zero attached hydrogens (tertiary/aromatic N) is 1. The SMILES string of the molecule is OCCC#Cc1ccc(CN2CCCC(C(F)(F)F)C2)s1. The highest BCUT2D eigenvalue weighted by molar-refractivity contribution is 7.12. The van der Waals surface area contributed by atoms with Crippen LogP contribution in [0.5, 0.6) is 0 Å². The predicted molar refractivity (Wildman–Crippen MR) is 77.0 cm³/mol. The summed E-state index contributed by atoms with van der Waals surface area (Å²) in [7, 11) is 0. The van der Waals surface area contributed by atoms with Gasteiger partial charge >= 0.3 is 6.18 Å². The lowest BCUT2D eigenvalue weighted by Gasteiger charge is -2.33. The Morgan fingerprint density at radius 1 is 1.38 bits per heavy atom. The molecule has 6 heteroatoms. The zero-order chi connectivity index (χ0) is 15.3. The third-order valence-corrected chi connectivity index (χ3v) is 4.44. The fourth-order valence-electron chi connectivity index (χ4n) is 2.42. The first kappa shape index (κ1) is 16.3. The average Bonchev–Trinajstić information content (AvgIpc) is 2.86. The zero-order valence-corrected chi connectivity index (χ0v) is 12.4. The molecule has 0 spiro atoms. The van der Waals surface area contributed by atoms with Crippen LogP contribution in [0.1, 0.15) is 29.0 Å². The number of hydrogen-bond acceptors (Lipinski definition) is 3. The van der Waals surface area contributed by atoms with Crippen LogP contribution in [0.3, 0.4) is 0 Å². The molecule has 0 amide bonds. The number of thiophene rings is 1. The van der Waals surface area contributed by atoms with Crippen LogP contribution >= 0.6 is 11.3 Å². The lowest BCUT2D eigenvalue weighted by molar-refractivity contribution is -0.187. The summed E-state index contributed by atoms with van der Waals surface area (Å²) in [4.78, 5) is 3.80. The molecule has 1 aliphatic rings. The monoisotopic (exact) mass is 317 g/mol. The zero-order valence-electron chi connectivity index (χ0n) is 11.6. The molecule has 1 aliphatic heterocycles. The first-order chi connectivity index (χ1) is 9.99. The minimum atomic E-state index is -4.09. The van der Waals surface area contributed by atoms with E-state index >= 15 is 0 Å². The fraction of sp³-hybridized carbons (Fsp3) is 0.600. The molecule has 0 radical (unpaired) electrons. The van der Waals surface area contributed by atoms with Gasteiger partial charge < -0.3 is 5.11 Å². The highest BCUT2D eigenvalue weighted by Crippen LogP contribution is 2.33. The lowest BCUT2D eigenvalue weighted by Crippen LogP contribution is -2.41. The Hall–Kier alpha value is -1.03. The van der Waals surface area contributed by atoms with E-state index in [9.17, 15) is 13.2 Å². The van der Waals surface area contributed by atoms with Crippen molar-refractivity contribution in [2.75, 3.05) is 19.7 Å². The maximum atomic E-state index is 12.8. The van der Waals surface area contributed by atoms with Crippen molar-refractivity contribution in [3.8, 4) is 11.8 Å². The molecule has 0 aliphatic carbocycles. The van der Waals surface area contributed by atoms with Crippen molar-refractivity contribution >= 4 is 11.3 Å². The van der Waals surface area contributed by atoms with Crippen molar-refractivity contribution in [1.82, 2.24) is 4.90 Å². The van der Waals surface area contributed by atoms with E-state index in [1.807, 2.05) is 17.0 Å². The van der Waals surface area contributed by atoms with Gasteiger partial charge in [0.15, 0.2) is 0 Å². The summed E-state index contributed by atoms with van der Waals surface area (Å²) in [5, 5.41) is 8.66. The molecule has 2 heterocycles. The number of rotatable bonds is 3. The van der Waals surface area contributed by atoms with Gasteiger partial charge in [0.1, 0.15) is 0 Å². The molecule has 1 atom stereocenters. The number of aliphatic hydroxyl groups is 1. The molecular weight excluding hydrogens is 299 g/mol. The summed E-state index contributed by atoms with van der Waals surface area (Å²) in [6, 6.07) is 3.81. The number of likely N-dealkylation sites (tertiary alicyclic amines) is 1. The van der Waals surface area contributed by atoms with Gasteiger partial charge in [-0.25, -0.2) is 0 Å². The van der Waals surface area contributed by atoms with Crippen LogP contribution in [0.2, 0.25) is 0 Å². The molecule has 1 fully saturated rings. The molecule has 2 nitrogen and oxygen atoms in total. The summed E-state index contributed by atoms with van der Waals surface area (Å²) < 4.78 is 38.3. The summed E-state index contributed by atoms with van der Waals surface area (Å²) in [6.45, 7) is 1.40. The number of alkyl halides is 3. The van der Waals surface area contributed by atoms with E-state index in [1.54, 1.807) is 0 Å². The van der Waals surface area contributed by atoms with Crippen LogP contribution in [0.25, 0.3) is 0 Å². The molecule has 21 heavy (non-hydrogen) atoms. The largest absolute Gasteiger partial charge is 0.395 e. The van der Waals surface area contributed by atoms with Gasteiger partial charge in [-0.2, -0.15) is 13.2 Å². The van der Waals surface area contributed by atoms with E-state index < -0.39 is 12.1 Å². The molecule has 1 aromatic heterocycles. The van der Waals surface area contributed by atoms with E-state index in [-0.39, 0.29) is 19.6 Å². The quantitative estimate of drug-likeness (QED) is 0.865. The van der Waals surface area contributed by atoms with Gasteiger partial charge in [0.25, 0.3) is 0 Å². The topological polar surface area (TPSA) is 23.5 Å². The fourth-order valence-corrected chi connectivity index (χ4v) is 3.35. The van der Waals surface area contributed by atoms with Gasteiger partial charge in [-0.3, -0.25) is 4.90 Å². The van der Waals surface area contributed by atoms with Gasteiger partial charge in [-0.1, -0.05) is 11.8 Å². The summed E-state index contributed by atoms with van der Waals surface area (Å²) in [6.07, 6.45) is -2.82. The number of halogens is 3. The van der Waals surface area contributed by atoms with E-state index in [2.05, 4.69) is 11.8 Å². The van der Waals surface area contributed by atoms with Gasteiger partial charge in [0.2, 0.25) is 0 Å². The summed E-state index contributed by atoms with van der Waals surface area (Å²) >= 11 is 1.51. The van der Waals surface area contributed by atoms with Crippen molar-refractivity contribution in [1.29, 1.82) is 0 Å². The summed E-state index contributed by atoms with van der Waals surface area (Å²) in [5.41, 5.74) is 0. The van der Waals surface area contributed by atoms with Crippen LogP contribution in [-0.2, 0) is 6.54 Å². The lowest BCUT2D eigenvalue weighted by atomic mass is 9.97. The Kier molecular flexibility index (Phi) is 5.68. The van der Waals surface area contributed by atoms with Crippen LogP contribution < -0.4 is 0 Å². The van der Waals surface area contributed by atoms with E-state index in [4.69, 9.17) is 5.11 Å². The molecule has 2 rings (SSSR count). The maximum absolute atomic E-state index is 12.8. The first-order valence-electron chi connectivity index (χ1n) is 6.96. The Bertz CT molecular complexity index is 515. The minimum Gasteiger partial charge on any atom is -0.395 e. The smallest absolute Gasteiger partial charge is 0.393 e. The Labute approximate surface area is 126 Å². The number of aliphatic hydroxyl groups excluding tert-OH is 1. The minimum absolute atomic E-state index is 0.0395. The second-order valence-electron chi connectivity index (χ2n) is 5.16. The van der Waals surface area contributed by atoms with Gasteiger partial charge in [0.05, 0.1) is 17.4 Å². The molecule has 0 aromatic carbocycles. The third-order valence-electron chi connectivity index (χ3n) is 3.46. The number of piperidine rings is 1. The Morgan fingerprint density at radius 2 is 2.19 bits per heavy atom. The van der Waals surface area contributed by atoms with Crippen LogP contribution in [-0.4, -0.2) is 35.9 Å². The van der Waals surface area contributed by atoms with Crippen LogP contribution in [0.4, 0.5) is 13.2 Å². The van der Waals surface area contributed by atoms with Crippen molar-refractivity contribution in [3.63, 3.8) is 0 Å². The van der Waals surface area contributed by atoms with Crippen LogP contribution in [0.15, 0.2) is 12.1 Å². The predicted octanol–water partition coefficient (Wildman–Crippen LogP) is 3.26. The standard InChI is InChI=1S/C15H18F3NOS/c16-15(17,18)12-4-3-8-19(10-12)11-14-7-6-13(21-14)5-1-2-9-20/h6-7,12,20H,2-4,8-11H2. The van der Waals surface area contributed by atoms with Gasteiger partial charge in [-0.05, 0) is 31.5 Å². The molecule has 1 saturated heterocycles. The van der Waals surface area contributed by atoms with E-state index in [0.717, 1.165) is 16.3 Å². The van der Waals surface area contributed by atoms with Crippen molar-refractivity contribution in [2.24, 2.45) is 5.92 Å². The van der Waals surface area contributed by atoms with Crippen LogP contribution in [0, 0.1) is 17.8 Å². The van der Waals surface area contributed by atoms with Crippen molar-refractivity contribution in [3.05, 3.63) is 21.9 Å². The molecular formula is C15H18F3NOS. The maximum Gasteiger partial charge on any atom is 0.393 e. The Morgan fingerprint density at radius 3 is 2.90 bits per heavy atom. The van der Waals surface area contributed by atoms with Gasteiger partial charge in [-0.15, -0.1) is 11.3 Å². The van der Waals surface area contributed by atoms with Crippen molar-refractivity contribution in [2.45, 2.75) is 32.0 Å². The molecule has 0 saturated carbocycles. The Balaban J connectivity index is 1.91. The second kappa shape index (κ2) is 7.30. The molecule has 1 aromatic rings. The molecule has 1 N–H and O–H groups in total. The molecule has 116 valence electrons. The molecule has 0 bridgehead atoms. The normalized spacial score (nSPS) is 20.1. The molecule has 1 unspecified atom stereocenters. The third kappa shape index (κ3) is 5.03. The van der Waals surface area contributed by atoms with E-state index in [1.165, 1.54) is 11.3 Å².